The van der Waals surface area contributed by atoms with Crippen LogP contribution in [0.2, 0.25) is 0 Å². The van der Waals surface area contributed by atoms with E-state index in [0.29, 0.717) is 11.3 Å². The van der Waals surface area contributed by atoms with Gasteiger partial charge in [-0.25, -0.2) is 0 Å². The molecule has 1 aromatic carbocycles. The summed E-state index contributed by atoms with van der Waals surface area (Å²) in [5, 5.41) is 8.87. The summed E-state index contributed by atoms with van der Waals surface area (Å²) in [6.45, 7) is 6.27. The third-order valence-electron chi connectivity index (χ3n) is 2.94. The van der Waals surface area contributed by atoms with Gasteiger partial charge in [-0.1, -0.05) is 20.8 Å². The number of benzene rings is 1. The molecule has 0 saturated heterocycles. The fourth-order valence-corrected chi connectivity index (χ4v) is 2.47. The van der Waals surface area contributed by atoms with Gasteiger partial charge < -0.3 is 15.6 Å². The normalized spacial score (nSPS) is 13.2. The monoisotopic (exact) mass is 329 g/mol. The first-order chi connectivity index (χ1) is 8.66. The minimum atomic E-state index is -0.924. The first kappa shape index (κ1) is 16.0. The Balaban J connectivity index is 3.34. The number of carbonyl (C=O) groups is 1. The smallest absolute Gasteiger partial charge is 0.305 e. The molecule has 0 aliphatic carbocycles. The van der Waals surface area contributed by atoms with E-state index >= 15 is 0 Å². The van der Waals surface area contributed by atoms with E-state index in [1.807, 2.05) is 12.1 Å². The van der Waals surface area contributed by atoms with E-state index in [2.05, 4.69) is 36.7 Å². The first-order valence-electron chi connectivity index (χ1n) is 6.02. The standard InChI is InChI=1S/C14H20BrNO3/c1-14(2,3)8-5-9(11(16)7-12(17)18)13(19-4)10(15)6-8/h5-6,11H,7,16H2,1-4H3,(H,17,18). The molecule has 106 valence electrons. The molecule has 1 atom stereocenters. The molecule has 0 spiro atoms. The second-order valence-corrected chi connectivity index (χ2v) is 6.39. The molecule has 0 heterocycles. The van der Waals surface area contributed by atoms with Crippen molar-refractivity contribution in [3.63, 3.8) is 0 Å². The average Bonchev–Trinajstić information content (AvgIpc) is 2.25. The Labute approximate surface area is 122 Å². The van der Waals surface area contributed by atoms with Gasteiger partial charge in [-0.3, -0.25) is 4.79 Å². The molecule has 0 bridgehead atoms. The second kappa shape index (κ2) is 5.92. The highest BCUT2D eigenvalue weighted by molar-refractivity contribution is 9.10. The quantitative estimate of drug-likeness (QED) is 0.889. The lowest BCUT2D eigenvalue weighted by molar-refractivity contribution is -0.137. The predicted molar refractivity (Wildman–Crippen MR) is 78.6 cm³/mol. The summed E-state index contributed by atoms with van der Waals surface area (Å²) in [4.78, 5) is 10.8. The van der Waals surface area contributed by atoms with Crippen LogP contribution in [0.25, 0.3) is 0 Å². The van der Waals surface area contributed by atoms with Crippen LogP contribution in [0.15, 0.2) is 16.6 Å². The molecule has 0 saturated carbocycles. The highest BCUT2D eigenvalue weighted by Gasteiger charge is 2.22. The minimum absolute atomic E-state index is 0.0491. The molecule has 3 N–H and O–H groups in total. The molecular weight excluding hydrogens is 310 g/mol. The van der Waals surface area contributed by atoms with Crippen LogP contribution < -0.4 is 10.5 Å². The van der Waals surface area contributed by atoms with Gasteiger partial charge in [0.25, 0.3) is 0 Å². The Bertz CT molecular complexity index is 480. The molecule has 0 aliphatic heterocycles. The summed E-state index contributed by atoms with van der Waals surface area (Å²) >= 11 is 3.46. The van der Waals surface area contributed by atoms with E-state index in [4.69, 9.17) is 15.6 Å². The van der Waals surface area contributed by atoms with Crippen molar-refractivity contribution in [1.29, 1.82) is 0 Å². The van der Waals surface area contributed by atoms with Crippen LogP contribution in [0.3, 0.4) is 0 Å². The Kier molecular flexibility index (Phi) is 4.98. The summed E-state index contributed by atoms with van der Waals surface area (Å²) in [6.07, 6.45) is -0.129. The summed E-state index contributed by atoms with van der Waals surface area (Å²) in [6, 6.07) is 3.32. The summed E-state index contributed by atoms with van der Waals surface area (Å²) < 4.78 is 6.12. The van der Waals surface area contributed by atoms with Gasteiger partial charge in [0, 0.05) is 11.6 Å². The fourth-order valence-electron chi connectivity index (χ4n) is 1.84. The zero-order chi connectivity index (χ0) is 14.8. The third-order valence-corrected chi connectivity index (χ3v) is 3.53. The third kappa shape index (κ3) is 3.94. The van der Waals surface area contributed by atoms with E-state index in [-0.39, 0.29) is 11.8 Å². The molecule has 5 heteroatoms. The van der Waals surface area contributed by atoms with Crippen molar-refractivity contribution in [2.24, 2.45) is 5.73 Å². The minimum Gasteiger partial charge on any atom is -0.495 e. The van der Waals surface area contributed by atoms with Gasteiger partial charge in [-0.2, -0.15) is 0 Å². The van der Waals surface area contributed by atoms with Crippen molar-refractivity contribution in [3.05, 3.63) is 27.7 Å². The number of hydrogen-bond acceptors (Lipinski definition) is 3. The molecule has 0 aromatic heterocycles. The lowest BCUT2D eigenvalue weighted by atomic mass is 9.85. The highest BCUT2D eigenvalue weighted by Crippen LogP contribution is 2.38. The number of hydrogen-bond donors (Lipinski definition) is 2. The Morgan fingerprint density at radius 3 is 2.47 bits per heavy atom. The van der Waals surface area contributed by atoms with E-state index in [1.165, 1.54) is 0 Å². The largest absolute Gasteiger partial charge is 0.495 e. The number of nitrogens with two attached hydrogens (primary N) is 1. The zero-order valence-corrected chi connectivity index (χ0v) is 13.2. The molecule has 0 aliphatic rings. The number of aliphatic carboxylic acids is 1. The van der Waals surface area contributed by atoms with Crippen LogP contribution in [-0.2, 0) is 10.2 Å². The van der Waals surface area contributed by atoms with Crippen LogP contribution in [0, 0.1) is 0 Å². The number of halogens is 1. The molecule has 0 fully saturated rings. The second-order valence-electron chi connectivity index (χ2n) is 5.53. The summed E-state index contributed by atoms with van der Waals surface area (Å²) in [5.74, 6) is -0.325. The van der Waals surface area contributed by atoms with Crippen molar-refractivity contribution in [2.75, 3.05) is 7.11 Å². The summed E-state index contributed by atoms with van der Waals surface area (Å²) in [5.41, 5.74) is 7.71. The molecule has 4 nitrogen and oxygen atoms in total. The number of carboxylic acids is 1. The zero-order valence-electron chi connectivity index (χ0n) is 11.7. The van der Waals surface area contributed by atoms with E-state index < -0.39 is 12.0 Å². The SMILES string of the molecule is COc1c(Br)cc(C(C)(C)C)cc1C(N)CC(=O)O. The molecule has 1 rings (SSSR count). The van der Waals surface area contributed by atoms with Crippen molar-refractivity contribution < 1.29 is 14.6 Å². The molecule has 1 unspecified atom stereocenters. The average molecular weight is 330 g/mol. The Hall–Kier alpha value is -1.07. The van der Waals surface area contributed by atoms with Gasteiger partial charge in [0.2, 0.25) is 0 Å². The lowest BCUT2D eigenvalue weighted by Gasteiger charge is -2.24. The van der Waals surface area contributed by atoms with Gasteiger partial charge in [0.15, 0.2) is 0 Å². The van der Waals surface area contributed by atoms with E-state index in [9.17, 15) is 4.79 Å². The van der Waals surface area contributed by atoms with Gasteiger partial charge >= 0.3 is 5.97 Å². The van der Waals surface area contributed by atoms with Crippen LogP contribution >= 0.6 is 15.9 Å². The van der Waals surface area contributed by atoms with Gasteiger partial charge in [0.1, 0.15) is 5.75 Å². The number of carboxylic acid groups (broad SMARTS) is 1. The highest BCUT2D eigenvalue weighted by atomic mass is 79.9. The van der Waals surface area contributed by atoms with E-state index in [1.54, 1.807) is 7.11 Å². The van der Waals surface area contributed by atoms with Gasteiger partial charge in [-0.15, -0.1) is 0 Å². The van der Waals surface area contributed by atoms with Crippen molar-refractivity contribution in [2.45, 2.75) is 38.6 Å². The maximum atomic E-state index is 10.8. The van der Waals surface area contributed by atoms with Crippen LogP contribution in [0.1, 0.15) is 44.4 Å². The number of ether oxygens (including phenoxy) is 1. The maximum Gasteiger partial charge on any atom is 0.305 e. The summed E-state index contributed by atoms with van der Waals surface area (Å²) in [7, 11) is 1.55. The topological polar surface area (TPSA) is 72.5 Å². The molecule has 0 amide bonds. The molecule has 19 heavy (non-hydrogen) atoms. The van der Waals surface area contributed by atoms with Crippen molar-refractivity contribution >= 4 is 21.9 Å². The van der Waals surface area contributed by atoms with Crippen LogP contribution in [-0.4, -0.2) is 18.2 Å². The molecule has 1 aromatic rings. The number of methoxy groups -OCH3 is 1. The van der Waals surface area contributed by atoms with Crippen LogP contribution in [0.4, 0.5) is 0 Å². The molecule has 0 radical (unpaired) electrons. The van der Waals surface area contributed by atoms with Gasteiger partial charge in [-0.05, 0) is 39.0 Å². The predicted octanol–water partition coefficient (Wildman–Crippen LogP) is 3.23. The maximum absolute atomic E-state index is 10.8. The Morgan fingerprint density at radius 1 is 1.47 bits per heavy atom. The van der Waals surface area contributed by atoms with Crippen molar-refractivity contribution in [3.8, 4) is 5.75 Å². The first-order valence-corrected chi connectivity index (χ1v) is 6.81. The van der Waals surface area contributed by atoms with Crippen molar-refractivity contribution in [1.82, 2.24) is 0 Å². The Morgan fingerprint density at radius 2 is 2.05 bits per heavy atom. The van der Waals surface area contributed by atoms with E-state index in [0.717, 1.165) is 10.0 Å². The lowest BCUT2D eigenvalue weighted by Crippen LogP contribution is -2.18. The number of rotatable bonds is 4. The molecular formula is C14H20BrNO3. The van der Waals surface area contributed by atoms with Gasteiger partial charge in [0.05, 0.1) is 18.0 Å². The fraction of sp³-hybridized carbons (Fsp3) is 0.500. The van der Waals surface area contributed by atoms with Crippen LogP contribution in [0.5, 0.6) is 5.75 Å².